The highest BCUT2D eigenvalue weighted by atomic mass is 16.5. The first-order chi connectivity index (χ1) is 9.81. The molecule has 0 saturated heterocycles. The van der Waals surface area contributed by atoms with Gasteiger partial charge in [-0.3, -0.25) is 4.79 Å². The van der Waals surface area contributed by atoms with Gasteiger partial charge in [0.15, 0.2) is 6.29 Å². The Balaban J connectivity index is 2.17. The minimum atomic E-state index is 0.654. The largest absolute Gasteiger partial charge is 0.497 e. The molecule has 2 aromatic carbocycles. The Morgan fingerprint density at radius 3 is 2.50 bits per heavy atom. The summed E-state index contributed by atoms with van der Waals surface area (Å²) in [7, 11) is 1.63. The molecule has 0 amide bonds. The van der Waals surface area contributed by atoms with E-state index >= 15 is 0 Å². The number of pyridine rings is 1. The van der Waals surface area contributed by atoms with Gasteiger partial charge in [0.1, 0.15) is 5.75 Å². The average molecular weight is 263 g/mol. The summed E-state index contributed by atoms with van der Waals surface area (Å²) in [6.45, 7) is 0. The molecule has 3 rings (SSSR count). The molecule has 1 aromatic heterocycles. The number of rotatable bonds is 3. The maximum Gasteiger partial charge on any atom is 0.150 e. The van der Waals surface area contributed by atoms with E-state index < -0.39 is 0 Å². The average Bonchev–Trinajstić information content (AvgIpc) is 2.54. The fourth-order valence-corrected chi connectivity index (χ4v) is 2.21. The Morgan fingerprint density at radius 2 is 1.80 bits per heavy atom. The Labute approximate surface area is 116 Å². The molecule has 0 radical (unpaired) electrons. The van der Waals surface area contributed by atoms with Gasteiger partial charge in [-0.2, -0.15) is 0 Å². The van der Waals surface area contributed by atoms with Crippen molar-refractivity contribution in [2.24, 2.45) is 0 Å². The first kappa shape index (κ1) is 12.4. The highest BCUT2D eigenvalue weighted by Crippen LogP contribution is 2.25. The smallest absolute Gasteiger partial charge is 0.150 e. The molecule has 3 nitrogen and oxygen atoms in total. The molecule has 1 heterocycles. The number of hydrogen-bond donors (Lipinski definition) is 0. The van der Waals surface area contributed by atoms with Crippen LogP contribution in [0.5, 0.6) is 5.75 Å². The molecule has 0 spiro atoms. The van der Waals surface area contributed by atoms with Gasteiger partial charge in [-0.25, -0.2) is 4.98 Å². The number of hydrogen-bond acceptors (Lipinski definition) is 3. The lowest BCUT2D eigenvalue weighted by Gasteiger charge is -2.07. The minimum Gasteiger partial charge on any atom is -0.497 e. The van der Waals surface area contributed by atoms with Crippen molar-refractivity contribution in [1.82, 2.24) is 4.98 Å². The maximum atomic E-state index is 11.3. The highest BCUT2D eigenvalue weighted by molar-refractivity contribution is 5.98. The normalized spacial score (nSPS) is 10.4. The van der Waals surface area contributed by atoms with Gasteiger partial charge in [0.25, 0.3) is 0 Å². The van der Waals surface area contributed by atoms with Crippen LogP contribution in [0.2, 0.25) is 0 Å². The minimum absolute atomic E-state index is 0.654. The van der Waals surface area contributed by atoms with Crippen LogP contribution in [0.15, 0.2) is 54.6 Å². The van der Waals surface area contributed by atoms with Gasteiger partial charge < -0.3 is 4.74 Å². The number of nitrogens with zero attached hydrogens (tertiary/aromatic N) is 1. The van der Waals surface area contributed by atoms with Crippen LogP contribution in [-0.2, 0) is 0 Å². The Kier molecular flexibility index (Phi) is 3.17. The fraction of sp³-hybridized carbons (Fsp3) is 0.0588. The first-order valence-corrected chi connectivity index (χ1v) is 6.31. The molecule has 98 valence electrons. The van der Waals surface area contributed by atoms with Crippen LogP contribution in [0.25, 0.3) is 22.2 Å². The molecule has 0 N–H and O–H groups in total. The summed E-state index contributed by atoms with van der Waals surface area (Å²) in [5.74, 6) is 0.796. The van der Waals surface area contributed by atoms with Crippen LogP contribution >= 0.6 is 0 Å². The molecule has 20 heavy (non-hydrogen) atoms. The van der Waals surface area contributed by atoms with Crippen molar-refractivity contribution >= 4 is 17.2 Å². The summed E-state index contributed by atoms with van der Waals surface area (Å²) in [5.41, 5.74) is 3.22. The van der Waals surface area contributed by atoms with E-state index in [-0.39, 0.29) is 0 Å². The maximum absolute atomic E-state index is 11.3. The number of benzene rings is 2. The van der Waals surface area contributed by atoms with Crippen LogP contribution in [0.1, 0.15) is 10.4 Å². The predicted octanol–water partition coefficient (Wildman–Crippen LogP) is 3.72. The third kappa shape index (κ3) is 2.14. The summed E-state index contributed by atoms with van der Waals surface area (Å²) >= 11 is 0. The fourth-order valence-electron chi connectivity index (χ4n) is 2.21. The predicted molar refractivity (Wildman–Crippen MR) is 79.1 cm³/mol. The van der Waals surface area contributed by atoms with Crippen molar-refractivity contribution in [3.05, 3.63) is 60.2 Å². The van der Waals surface area contributed by atoms with Gasteiger partial charge in [-0.1, -0.05) is 18.2 Å². The second kappa shape index (κ2) is 5.13. The zero-order valence-electron chi connectivity index (χ0n) is 11.0. The van der Waals surface area contributed by atoms with E-state index in [2.05, 4.69) is 4.98 Å². The van der Waals surface area contributed by atoms with E-state index in [1.54, 1.807) is 7.11 Å². The molecule has 0 unspecified atom stereocenters. The van der Waals surface area contributed by atoms with Gasteiger partial charge in [-0.05, 0) is 36.4 Å². The standard InChI is InChI=1S/C17H13NO2/c1-20-14-8-6-12(7-9-14)17-10-13(11-19)15-4-2-3-5-16(15)18-17/h2-11H,1H3. The summed E-state index contributed by atoms with van der Waals surface area (Å²) in [6, 6.07) is 17.1. The number of aldehydes is 1. The van der Waals surface area contributed by atoms with Crippen LogP contribution < -0.4 is 4.74 Å². The Bertz CT molecular complexity index is 764. The number of aromatic nitrogens is 1. The van der Waals surface area contributed by atoms with E-state index in [1.807, 2.05) is 54.6 Å². The van der Waals surface area contributed by atoms with Crippen molar-refractivity contribution < 1.29 is 9.53 Å². The lowest BCUT2D eigenvalue weighted by Crippen LogP contribution is -1.91. The van der Waals surface area contributed by atoms with Crippen molar-refractivity contribution in [1.29, 1.82) is 0 Å². The van der Waals surface area contributed by atoms with Gasteiger partial charge in [0, 0.05) is 16.5 Å². The van der Waals surface area contributed by atoms with E-state index in [0.29, 0.717) is 5.56 Å². The van der Waals surface area contributed by atoms with E-state index in [1.165, 1.54) is 0 Å². The number of para-hydroxylation sites is 1. The van der Waals surface area contributed by atoms with Gasteiger partial charge in [0.05, 0.1) is 18.3 Å². The van der Waals surface area contributed by atoms with Gasteiger partial charge >= 0.3 is 0 Å². The van der Waals surface area contributed by atoms with Gasteiger partial charge in [-0.15, -0.1) is 0 Å². The molecule has 0 aliphatic carbocycles. The van der Waals surface area contributed by atoms with Crippen molar-refractivity contribution in [3.63, 3.8) is 0 Å². The molecular weight excluding hydrogens is 250 g/mol. The zero-order valence-corrected chi connectivity index (χ0v) is 11.0. The summed E-state index contributed by atoms with van der Waals surface area (Å²) < 4.78 is 5.14. The molecule has 3 aromatic rings. The summed E-state index contributed by atoms with van der Waals surface area (Å²) in [4.78, 5) is 15.9. The number of fused-ring (bicyclic) bond motifs is 1. The second-order valence-corrected chi connectivity index (χ2v) is 4.46. The van der Waals surface area contributed by atoms with Crippen LogP contribution in [0.4, 0.5) is 0 Å². The van der Waals surface area contributed by atoms with E-state index in [0.717, 1.165) is 34.2 Å². The summed E-state index contributed by atoms with van der Waals surface area (Å²) in [5, 5.41) is 0.875. The monoisotopic (exact) mass is 263 g/mol. The van der Waals surface area contributed by atoms with Crippen LogP contribution in [-0.4, -0.2) is 18.4 Å². The van der Waals surface area contributed by atoms with E-state index in [9.17, 15) is 4.79 Å². The van der Waals surface area contributed by atoms with Crippen LogP contribution in [0.3, 0.4) is 0 Å². The summed E-state index contributed by atoms with van der Waals surface area (Å²) in [6.07, 6.45) is 0.872. The number of carbonyl (C=O) groups is 1. The van der Waals surface area contributed by atoms with Gasteiger partial charge in [0.2, 0.25) is 0 Å². The first-order valence-electron chi connectivity index (χ1n) is 6.31. The van der Waals surface area contributed by atoms with E-state index in [4.69, 9.17) is 4.74 Å². The molecule has 0 fully saturated rings. The molecule has 0 aliphatic heterocycles. The second-order valence-electron chi connectivity index (χ2n) is 4.46. The molecule has 0 bridgehead atoms. The molecule has 3 heteroatoms. The highest BCUT2D eigenvalue weighted by Gasteiger charge is 2.06. The molecule has 0 saturated carbocycles. The molecule has 0 atom stereocenters. The Morgan fingerprint density at radius 1 is 1.05 bits per heavy atom. The molecule has 0 aliphatic rings. The topological polar surface area (TPSA) is 39.2 Å². The van der Waals surface area contributed by atoms with Crippen molar-refractivity contribution in [2.75, 3.05) is 7.11 Å². The lowest BCUT2D eigenvalue weighted by atomic mass is 10.0. The Hall–Kier alpha value is -2.68. The van der Waals surface area contributed by atoms with Crippen molar-refractivity contribution in [2.45, 2.75) is 0 Å². The SMILES string of the molecule is COc1ccc(-c2cc(C=O)c3ccccc3n2)cc1. The number of ether oxygens (including phenoxy) is 1. The zero-order chi connectivity index (χ0) is 13.9. The number of methoxy groups -OCH3 is 1. The third-order valence-electron chi connectivity index (χ3n) is 3.26. The quantitative estimate of drug-likeness (QED) is 0.676. The van der Waals surface area contributed by atoms with Crippen LogP contribution in [0, 0.1) is 0 Å². The lowest BCUT2D eigenvalue weighted by molar-refractivity contribution is 0.112. The molecular formula is C17H13NO2. The third-order valence-corrected chi connectivity index (χ3v) is 3.26. The van der Waals surface area contributed by atoms with Crippen molar-refractivity contribution in [3.8, 4) is 17.0 Å². The number of carbonyl (C=O) groups excluding carboxylic acids is 1.